The molecule has 3 radical (unpaired) electrons. The lowest BCUT2D eigenvalue weighted by Gasteiger charge is -2.39. The second kappa shape index (κ2) is 21.8. The molecule has 0 aromatic carbocycles. The topological polar surface area (TPSA) is 152 Å². The van der Waals surface area contributed by atoms with E-state index in [1.54, 1.807) is 48.5 Å². The van der Waals surface area contributed by atoms with E-state index in [0.29, 0.717) is 19.4 Å². The van der Waals surface area contributed by atoms with E-state index in [2.05, 4.69) is 26.2 Å². The minimum Gasteiger partial charge on any atom is -0.481 e. The quantitative estimate of drug-likeness (QED) is 0.0517. The molecule has 317 valence electrons. The molecule has 0 aliphatic carbocycles. The van der Waals surface area contributed by atoms with Crippen LogP contribution in [0.3, 0.4) is 0 Å². The maximum Gasteiger partial charge on any atom is 0.312 e. The Balaban J connectivity index is 3.09. The molecular formula is C40H75O11Si4. The number of rotatable bonds is 21. The highest BCUT2D eigenvalue weighted by Crippen LogP contribution is 2.45. The Kier molecular flexibility index (Phi) is 20.3. The molecule has 1 N–H and O–H groups in total. The molecule has 1 rings (SSSR count). The van der Waals surface area contributed by atoms with Gasteiger partial charge in [-0.15, -0.1) is 0 Å². The minimum absolute atomic E-state index is 0.00792. The molecule has 0 aromatic heterocycles. The van der Waals surface area contributed by atoms with E-state index in [0.717, 1.165) is 0 Å². The average molecular weight is 844 g/mol. The molecule has 1 fully saturated rings. The Morgan fingerprint density at radius 2 is 1.20 bits per heavy atom. The number of hydrogen-bond acceptors (Lipinski definition) is 10. The van der Waals surface area contributed by atoms with Gasteiger partial charge in [0.05, 0.1) is 48.4 Å². The second-order valence-corrected chi connectivity index (χ2v) is 33.8. The van der Waals surface area contributed by atoms with Crippen LogP contribution in [0.5, 0.6) is 0 Å². The number of esters is 4. The summed E-state index contributed by atoms with van der Waals surface area (Å²) >= 11 is 0. The van der Waals surface area contributed by atoms with E-state index in [9.17, 15) is 29.1 Å². The van der Waals surface area contributed by atoms with Crippen LogP contribution in [0.25, 0.3) is 0 Å². The van der Waals surface area contributed by atoms with Gasteiger partial charge in [-0.2, -0.15) is 0 Å². The first-order valence-corrected chi connectivity index (χ1v) is 30.2. The van der Waals surface area contributed by atoms with Crippen molar-refractivity contribution in [3.63, 3.8) is 0 Å². The lowest BCUT2D eigenvalue weighted by Crippen LogP contribution is -2.47. The van der Waals surface area contributed by atoms with Crippen LogP contribution in [-0.2, 0) is 47.3 Å². The minimum atomic E-state index is -1.89. The molecule has 0 spiro atoms. The van der Waals surface area contributed by atoms with Crippen molar-refractivity contribution in [3.8, 4) is 0 Å². The first-order chi connectivity index (χ1) is 25.1. The molecule has 0 bridgehead atoms. The fourth-order valence-electron chi connectivity index (χ4n) is 7.66. The summed E-state index contributed by atoms with van der Waals surface area (Å²) in [5, 5.41) is 10.6. The van der Waals surface area contributed by atoms with E-state index in [1.165, 1.54) is 29.6 Å². The number of hydrogen-bond donors (Lipinski definition) is 1. The Labute approximate surface area is 339 Å². The van der Waals surface area contributed by atoms with Crippen molar-refractivity contribution in [1.82, 2.24) is 0 Å². The molecule has 11 nitrogen and oxygen atoms in total. The summed E-state index contributed by atoms with van der Waals surface area (Å²) in [6.45, 7) is 29.4. The van der Waals surface area contributed by atoms with Gasteiger partial charge >= 0.3 is 29.8 Å². The van der Waals surface area contributed by atoms with Gasteiger partial charge in [-0.25, -0.2) is 0 Å². The molecule has 1 heterocycles. The fraction of sp³-hybridized carbons (Fsp3) is 0.875. The van der Waals surface area contributed by atoms with Crippen molar-refractivity contribution < 1.29 is 52.5 Å². The number of carbonyl (C=O) groups excluding carboxylic acids is 4. The van der Waals surface area contributed by atoms with E-state index >= 15 is 0 Å². The van der Waals surface area contributed by atoms with Gasteiger partial charge in [0.1, 0.15) is 12.2 Å². The molecule has 1 aliphatic heterocycles. The Hall–Kier alpha value is -1.82. The SMILES string of the molecule is CCC(C)C(=O)OCC(C)(C)COC(=O)C(CC)CC(C)(CC(C)(CC(C)C(=O)OCCO[Si]1(C)C[Si](C)C[Si](C)C[Si](C)C1)C(=O)OC(C)(C)C)C(=O)O. The van der Waals surface area contributed by atoms with Crippen LogP contribution in [-0.4, -0.2) is 102 Å². The highest BCUT2D eigenvalue weighted by atomic mass is 28.4. The van der Waals surface area contributed by atoms with Crippen molar-refractivity contribution in [2.45, 2.75) is 163 Å². The summed E-state index contributed by atoms with van der Waals surface area (Å²) in [5.41, 5.74) is 0.825. The van der Waals surface area contributed by atoms with E-state index < -0.39 is 83.5 Å². The van der Waals surface area contributed by atoms with E-state index in [1.807, 2.05) is 20.8 Å². The first-order valence-electron chi connectivity index (χ1n) is 20.1. The maximum absolute atomic E-state index is 13.9. The Bertz CT molecular complexity index is 1270. The van der Waals surface area contributed by atoms with Crippen LogP contribution in [0.4, 0.5) is 0 Å². The van der Waals surface area contributed by atoms with E-state index in [4.69, 9.17) is 23.4 Å². The molecule has 55 heavy (non-hydrogen) atoms. The number of carbonyl (C=O) groups is 5. The van der Waals surface area contributed by atoms with Crippen LogP contribution in [0.2, 0.25) is 48.9 Å². The van der Waals surface area contributed by atoms with Crippen LogP contribution in [0, 0.1) is 34.0 Å². The van der Waals surface area contributed by atoms with Gasteiger partial charge in [0.25, 0.3) is 0 Å². The monoisotopic (exact) mass is 843 g/mol. The normalized spacial score (nSPS) is 20.1. The van der Waals surface area contributed by atoms with Gasteiger partial charge in [0, 0.05) is 31.8 Å². The zero-order chi connectivity index (χ0) is 42.6. The van der Waals surface area contributed by atoms with Crippen LogP contribution in [0.15, 0.2) is 0 Å². The first kappa shape index (κ1) is 51.2. The Morgan fingerprint density at radius 1 is 0.691 bits per heavy atom. The molecule has 5 atom stereocenters. The summed E-state index contributed by atoms with van der Waals surface area (Å²) in [5.74, 6) is -4.90. The van der Waals surface area contributed by atoms with Crippen molar-refractivity contribution >= 4 is 64.6 Å². The van der Waals surface area contributed by atoms with Gasteiger partial charge in [-0.3, -0.25) is 24.0 Å². The lowest BCUT2D eigenvalue weighted by atomic mass is 9.66. The molecule has 15 heteroatoms. The molecule has 0 aromatic rings. The Morgan fingerprint density at radius 3 is 1.67 bits per heavy atom. The maximum atomic E-state index is 13.9. The summed E-state index contributed by atoms with van der Waals surface area (Å²) < 4.78 is 29.2. The molecular weight excluding hydrogens is 769 g/mol. The van der Waals surface area contributed by atoms with Gasteiger partial charge in [0.2, 0.25) is 0 Å². The third kappa shape index (κ3) is 18.1. The second-order valence-electron chi connectivity index (χ2n) is 19.3. The van der Waals surface area contributed by atoms with E-state index in [-0.39, 0.29) is 59.8 Å². The zero-order valence-corrected chi connectivity index (χ0v) is 41.0. The number of carboxylic acid groups (broad SMARTS) is 1. The third-order valence-corrected chi connectivity index (χ3v) is 31.8. The van der Waals surface area contributed by atoms with Crippen molar-refractivity contribution in [1.29, 1.82) is 0 Å². The fourth-order valence-corrected chi connectivity index (χ4v) is 34.0. The summed E-state index contributed by atoms with van der Waals surface area (Å²) in [7, 11) is -2.97. The van der Waals surface area contributed by atoms with Crippen molar-refractivity contribution in [2.75, 3.05) is 26.4 Å². The van der Waals surface area contributed by atoms with Crippen LogP contribution >= 0.6 is 0 Å². The predicted molar refractivity (Wildman–Crippen MR) is 224 cm³/mol. The van der Waals surface area contributed by atoms with Crippen LogP contribution < -0.4 is 0 Å². The molecule has 1 saturated heterocycles. The molecule has 5 unspecified atom stereocenters. The predicted octanol–water partition coefficient (Wildman–Crippen LogP) is 8.10. The third-order valence-electron chi connectivity index (χ3n) is 10.4. The zero-order valence-electron chi connectivity index (χ0n) is 37.0. The molecule has 1 aliphatic rings. The number of aliphatic carboxylic acids is 1. The average Bonchev–Trinajstić information content (AvgIpc) is 3.04. The van der Waals surface area contributed by atoms with Gasteiger partial charge < -0.3 is 28.5 Å². The summed E-state index contributed by atoms with van der Waals surface area (Å²) in [6, 6.07) is 0. The van der Waals surface area contributed by atoms with Gasteiger partial charge in [-0.05, 0) is 84.6 Å². The van der Waals surface area contributed by atoms with Crippen LogP contribution in [0.1, 0.15) is 108 Å². The standard InChI is InChI=1S/C40H75O11Si4/c1-16-29(3)32(41)48-23-38(8,9)24-49-34(43)31(17-2)21-39(10,35(44)45)22-40(11,36(46)51-37(5,6)7)20-30(4)33(42)47-18-19-50-55(15)27-53(13)25-52(12)26-54(14)28-55/h29-31H,16-28H2,1-15H3,(H,44,45). The number of ether oxygens (including phenoxy) is 4. The molecule has 0 amide bonds. The van der Waals surface area contributed by atoms with Crippen molar-refractivity contribution in [3.05, 3.63) is 0 Å². The smallest absolute Gasteiger partial charge is 0.312 e. The highest BCUT2D eigenvalue weighted by Gasteiger charge is 2.49. The largest absolute Gasteiger partial charge is 0.481 e. The van der Waals surface area contributed by atoms with Crippen molar-refractivity contribution in [2.24, 2.45) is 34.0 Å². The number of carboxylic acids is 1. The summed E-state index contributed by atoms with van der Waals surface area (Å²) in [4.78, 5) is 65.9. The summed E-state index contributed by atoms with van der Waals surface area (Å²) in [6.07, 6.45) is 0.675. The van der Waals surface area contributed by atoms with Gasteiger partial charge in [0.15, 0.2) is 8.32 Å². The molecule has 0 saturated carbocycles. The lowest BCUT2D eigenvalue weighted by molar-refractivity contribution is -0.173. The van der Waals surface area contributed by atoms with Gasteiger partial charge in [-0.1, -0.05) is 72.5 Å². The highest BCUT2D eigenvalue weighted by molar-refractivity contribution is 6.98.